The van der Waals surface area contributed by atoms with E-state index in [2.05, 4.69) is 11.9 Å². The molecule has 0 aromatic heterocycles. The van der Waals surface area contributed by atoms with E-state index in [1.807, 2.05) is 19.0 Å². The molecular weight excluding hydrogens is 238 g/mol. The van der Waals surface area contributed by atoms with Crippen LogP contribution in [-0.4, -0.2) is 82.1 Å². The number of hydrogen-bond acceptors (Lipinski definition) is 4. The Kier molecular flexibility index (Phi) is 5.37. The van der Waals surface area contributed by atoms with Gasteiger partial charge in [0.25, 0.3) is 0 Å². The molecule has 1 rings (SSSR count). The molecule has 0 spiro atoms. The Hall–Kier alpha value is -0.170. The van der Waals surface area contributed by atoms with E-state index >= 15 is 0 Å². The van der Waals surface area contributed by atoms with Crippen LogP contribution in [0.25, 0.3) is 0 Å². The molecule has 0 unspecified atom stereocenters. The van der Waals surface area contributed by atoms with Gasteiger partial charge in [-0.05, 0) is 47.1 Å². The van der Waals surface area contributed by atoms with Gasteiger partial charge in [0, 0.05) is 19.1 Å². The summed E-state index contributed by atoms with van der Waals surface area (Å²) in [6, 6.07) is 0.182. The highest BCUT2D eigenvalue weighted by Crippen LogP contribution is 2.18. The molecule has 6 heteroatoms. The minimum absolute atomic E-state index is 0.182. The van der Waals surface area contributed by atoms with Crippen LogP contribution in [0.4, 0.5) is 0 Å². The fourth-order valence-electron chi connectivity index (χ4n) is 2.20. The number of piperidine rings is 1. The van der Waals surface area contributed by atoms with Gasteiger partial charge in [0.05, 0.1) is 6.26 Å². The number of likely N-dealkylation sites (tertiary alicyclic amines) is 1. The first-order chi connectivity index (χ1) is 7.80. The normalized spacial score (nSPS) is 20.4. The minimum atomic E-state index is -3.09. The predicted molar refractivity (Wildman–Crippen MR) is 70.6 cm³/mol. The van der Waals surface area contributed by atoms with Gasteiger partial charge in [-0.25, -0.2) is 8.42 Å². The Bertz CT molecular complexity index is 322. The van der Waals surface area contributed by atoms with Crippen molar-refractivity contribution in [2.45, 2.75) is 18.9 Å². The zero-order valence-corrected chi connectivity index (χ0v) is 12.2. The van der Waals surface area contributed by atoms with Crippen molar-refractivity contribution in [3.63, 3.8) is 0 Å². The molecule has 0 amide bonds. The van der Waals surface area contributed by atoms with E-state index in [4.69, 9.17) is 0 Å². The molecule has 0 radical (unpaired) electrons. The maximum atomic E-state index is 11.8. The molecule has 0 bridgehead atoms. The third kappa shape index (κ3) is 4.91. The molecule has 1 aliphatic rings. The second-order valence-corrected chi connectivity index (χ2v) is 7.15. The first-order valence-electron chi connectivity index (χ1n) is 6.11. The molecule has 0 aromatic rings. The van der Waals surface area contributed by atoms with E-state index in [1.165, 1.54) is 6.26 Å². The van der Waals surface area contributed by atoms with Crippen molar-refractivity contribution in [2.24, 2.45) is 0 Å². The summed E-state index contributed by atoms with van der Waals surface area (Å²) in [6.45, 7) is 3.34. The average Bonchev–Trinajstić information content (AvgIpc) is 2.18. The summed E-state index contributed by atoms with van der Waals surface area (Å²) in [6.07, 6.45) is 3.20. The van der Waals surface area contributed by atoms with E-state index in [9.17, 15) is 8.42 Å². The molecule has 0 atom stereocenters. The maximum absolute atomic E-state index is 11.8. The van der Waals surface area contributed by atoms with Crippen molar-refractivity contribution >= 4 is 10.0 Å². The highest BCUT2D eigenvalue weighted by atomic mass is 32.2. The van der Waals surface area contributed by atoms with Crippen LogP contribution >= 0.6 is 0 Å². The molecule has 1 heterocycles. The van der Waals surface area contributed by atoms with Gasteiger partial charge in [0.1, 0.15) is 0 Å². The lowest BCUT2D eigenvalue weighted by Gasteiger charge is -2.36. The van der Waals surface area contributed by atoms with Gasteiger partial charge in [-0.2, -0.15) is 4.31 Å². The molecule has 1 aliphatic heterocycles. The lowest BCUT2D eigenvalue weighted by Crippen LogP contribution is -2.48. The van der Waals surface area contributed by atoms with Crippen LogP contribution in [0.15, 0.2) is 0 Å². The second kappa shape index (κ2) is 6.13. The molecule has 0 saturated carbocycles. The highest BCUT2D eigenvalue weighted by molar-refractivity contribution is 7.88. The third-order valence-corrected chi connectivity index (χ3v) is 4.62. The summed E-state index contributed by atoms with van der Waals surface area (Å²) in [7, 11) is 2.93. The van der Waals surface area contributed by atoms with Crippen molar-refractivity contribution in [3.05, 3.63) is 0 Å². The van der Waals surface area contributed by atoms with Crippen molar-refractivity contribution in [1.29, 1.82) is 0 Å². The fraction of sp³-hybridized carbons (Fsp3) is 1.00. The summed E-state index contributed by atoms with van der Waals surface area (Å²) >= 11 is 0. The number of hydrogen-bond donors (Lipinski definition) is 0. The largest absolute Gasteiger partial charge is 0.308 e. The van der Waals surface area contributed by atoms with Crippen LogP contribution in [0, 0.1) is 0 Å². The van der Waals surface area contributed by atoms with Gasteiger partial charge in [-0.15, -0.1) is 0 Å². The number of likely N-dealkylation sites (N-methyl/N-ethyl adjacent to an activating group) is 1. The van der Waals surface area contributed by atoms with Gasteiger partial charge < -0.3 is 9.80 Å². The highest BCUT2D eigenvalue weighted by Gasteiger charge is 2.28. The summed E-state index contributed by atoms with van der Waals surface area (Å²) in [5.74, 6) is 0. The van der Waals surface area contributed by atoms with E-state index in [0.717, 1.165) is 32.5 Å². The topological polar surface area (TPSA) is 43.9 Å². The summed E-state index contributed by atoms with van der Waals surface area (Å²) in [5.41, 5.74) is 0. The Morgan fingerprint density at radius 2 is 1.71 bits per heavy atom. The molecule has 17 heavy (non-hydrogen) atoms. The molecule has 1 fully saturated rings. The van der Waals surface area contributed by atoms with Crippen molar-refractivity contribution in [3.8, 4) is 0 Å². The van der Waals surface area contributed by atoms with Crippen LogP contribution in [0.3, 0.4) is 0 Å². The van der Waals surface area contributed by atoms with E-state index < -0.39 is 10.0 Å². The van der Waals surface area contributed by atoms with E-state index in [-0.39, 0.29) is 6.04 Å². The summed E-state index contributed by atoms with van der Waals surface area (Å²) < 4.78 is 25.3. The fourth-order valence-corrected chi connectivity index (χ4v) is 3.37. The number of sulfonamides is 1. The van der Waals surface area contributed by atoms with Gasteiger partial charge in [-0.3, -0.25) is 0 Å². The maximum Gasteiger partial charge on any atom is 0.211 e. The monoisotopic (exact) mass is 263 g/mol. The Labute approximate surface area is 105 Å². The molecule has 102 valence electrons. The van der Waals surface area contributed by atoms with E-state index in [0.29, 0.717) is 6.54 Å². The van der Waals surface area contributed by atoms with Crippen molar-refractivity contribution in [1.82, 2.24) is 14.1 Å². The van der Waals surface area contributed by atoms with Crippen LogP contribution in [0.1, 0.15) is 12.8 Å². The summed E-state index contributed by atoms with van der Waals surface area (Å²) in [5, 5.41) is 0. The third-order valence-electron chi connectivity index (χ3n) is 3.29. The predicted octanol–water partition coefficient (Wildman–Crippen LogP) is -0.0962. The molecule has 1 saturated heterocycles. The van der Waals surface area contributed by atoms with E-state index in [1.54, 1.807) is 4.31 Å². The average molecular weight is 263 g/mol. The lowest BCUT2D eigenvalue weighted by atomic mass is 10.1. The summed E-state index contributed by atoms with van der Waals surface area (Å²) in [4.78, 5) is 4.27. The lowest BCUT2D eigenvalue weighted by molar-refractivity contribution is 0.176. The first kappa shape index (κ1) is 14.9. The van der Waals surface area contributed by atoms with Crippen LogP contribution in [0.5, 0.6) is 0 Å². The van der Waals surface area contributed by atoms with Gasteiger partial charge in [-0.1, -0.05) is 0 Å². The zero-order chi connectivity index (χ0) is 13.1. The van der Waals surface area contributed by atoms with Crippen LogP contribution < -0.4 is 0 Å². The van der Waals surface area contributed by atoms with Gasteiger partial charge >= 0.3 is 0 Å². The first-order valence-corrected chi connectivity index (χ1v) is 7.95. The molecule has 0 aliphatic carbocycles. The Morgan fingerprint density at radius 3 is 2.12 bits per heavy atom. The molecule has 5 nitrogen and oxygen atoms in total. The quantitative estimate of drug-likeness (QED) is 0.695. The van der Waals surface area contributed by atoms with Crippen LogP contribution in [-0.2, 0) is 10.0 Å². The smallest absolute Gasteiger partial charge is 0.211 e. The number of rotatable bonds is 5. The Balaban J connectivity index is 2.63. The molecule has 0 N–H and O–H groups in total. The van der Waals surface area contributed by atoms with Gasteiger partial charge in [0.15, 0.2) is 0 Å². The number of nitrogens with zero attached hydrogens (tertiary/aromatic N) is 3. The van der Waals surface area contributed by atoms with Crippen molar-refractivity contribution < 1.29 is 8.42 Å². The Morgan fingerprint density at radius 1 is 1.18 bits per heavy atom. The molecule has 0 aromatic carbocycles. The zero-order valence-electron chi connectivity index (χ0n) is 11.4. The SMILES string of the molecule is CN(C)CCN(C1CCN(C)CC1)S(C)(=O)=O. The minimum Gasteiger partial charge on any atom is -0.308 e. The second-order valence-electron chi connectivity index (χ2n) is 5.21. The molecular formula is C11H25N3O2S. The van der Waals surface area contributed by atoms with Crippen LogP contribution in [0.2, 0.25) is 0 Å². The van der Waals surface area contributed by atoms with Crippen molar-refractivity contribution in [2.75, 3.05) is 53.6 Å². The standard InChI is InChI=1S/C11H25N3O2S/c1-12(2)9-10-14(17(4,15)16)11-5-7-13(3)8-6-11/h11H,5-10H2,1-4H3. The van der Waals surface area contributed by atoms with Gasteiger partial charge in [0.2, 0.25) is 10.0 Å².